The van der Waals surface area contributed by atoms with Gasteiger partial charge in [0.15, 0.2) is 5.75 Å². The van der Waals surface area contributed by atoms with Gasteiger partial charge in [0, 0.05) is 5.56 Å². The number of hydrogen-bond donors (Lipinski definition) is 1. The molecule has 0 aliphatic carbocycles. The molecular weight excluding hydrogens is 504 g/mol. The van der Waals surface area contributed by atoms with Crippen LogP contribution < -0.4 is 9.50 Å². The minimum atomic E-state index is -4.21. The lowest BCUT2D eigenvalue weighted by molar-refractivity contribution is -0.112. The zero-order chi connectivity index (χ0) is 27.3. The van der Waals surface area contributed by atoms with E-state index in [1.54, 1.807) is 48.5 Å². The van der Waals surface area contributed by atoms with Crippen LogP contribution in [0.1, 0.15) is 21.5 Å². The van der Waals surface area contributed by atoms with Gasteiger partial charge in [0.2, 0.25) is 0 Å². The number of fused-ring (bicyclic) bond motifs is 1. The predicted octanol–water partition coefficient (Wildman–Crippen LogP) is 5.25. The summed E-state index contributed by atoms with van der Waals surface area (Å²) in [5.41, 5.74) is 1.04. The van der Waals surface area contributed by atoms with Gasteiger partial charge in [-0.05, 0) is 54.1 Å². The van der Waals surface area contributed by atoms with Gasteiger partial charge in [-0.1, -0.05) is 60.2 Å². The highest BCUT2D eigenvalue weighted by Crippen LogP contribution is 2.32. The van der Waals surface area contributed by atoms with Gasteiger partial charge in [0.05, 0.1) is 18.4 Å². The number of ether oxygens (including phenoxy) is 1. The highest BCUT2D eigenvalue weighted by atomic mass is 32.2. The number of amides is 1. The molecular formula is C29H22N2O6S. The van der Waals surface area contributed by atoms with Crippen molar-refractivity contribution in [1.29, 1.82) is 5.26 Å². The summed E-state index contributed by atoms with van der Waals surface area (Å²) in [6.07, 6.45) is 1.26. The second-order valence-corrected chi connectivity index (χ2v) is 9.76. The number of rotatable bonds is 7. The van der Waals surface area contributed by atoms with E-state index < -0.39 is 22.0 Å². The number of nitrogens with zero attached hydrogens (tertiary/aromatic N) is 1. The summed E-state index contributed by atoms with van der Waals surface area (Å²) in [5, 5.41) is 13.7. The smallest absolute Gasteiger partial charge is 0.339 e. The zero-order valence-electron chi connectivity index (χ0n) is 20.5. The second kappa shape index (κ2) is 11.0. The molecule has 0 aliphatic heterocycles. The normalized spacial score (nSPS) is 11.4. The van der Waals surface area contributed by atoms with Crippen molar-refractivity contribution in [3.63, 3.8) is 0 Å². The van der Waals surface area contributed by atoms with Crippen LogP contribution >= 0.6 is 0 Å². The average Bonchev–Trinajstić information content (AvgIpc) is 2.92. The Balaban J connectivity index is 1.78. The van der Waals surface area contributed by atoms with Crippen molar-refractivity contribution < 1.29 is 26.9 Å². The summed E-state index contributed by atoms with van der Waals surface area (Å²) >= 11 is 0. The fourth-order valence-corrected chi connectivity index (χ4v) is 4.68. The molecule has 38 heavy (non-hydrogen) atoms. The molecule has 0 fully saturated rings. The van der Waals surface area contributed by atoms with Crippen molar-refractivity contribution in [3.05, 3.63) is 107 Å². The van der Waals surface area contributed by atoms with E-state index in [0.717, 1.165) is 10.9 Å². The number of benzene rings is 4. The molecule has 190 valence electrons. The second-order valence-electron chi connectivity index (χ2n) is 8.21. The van der Waals surface area contributed by atoms with Gasteiger partial charge in [-0.2, -0.15) is 13.7 Å². The van der Waals surface area contributed by atoms with Crippen LogP contribution in [0.5, 0.6) is 5.75 Å². The van der Waals surface area contributed by atoms with Crippen molar-refractivity contribution in [2.75, 3.05) is 12.4 Å². The molecule has 0 aliphatic rings. The lowest BCUT2D eigenvalue weighted by Gasteiger charge is -2.13. The predicted molar refractivity (Wildman–Crippen MR) is 143 cm³/mol. The Morgan fingerprint density at radius 1 is 0.921 bits per heavy atom. The molecule has 0 bridgehead atoms. The number of methoxy groups -OCH3 is 1. The molecule has 4 rings (SSSR count). The molecule has 0 spiro atoms. The van der Waals surface area contributed by atoms with Gasteiger partial charge in [-0.15, -0.1) is 0 Å². The number of anilines is 1. The van der Waals surface area contributed by atoms with Gasteiger partial charge < -0.3 is 14.2 Å². The van der Waals surface area contributed by atoms with Crippen LogP contribution in [-0.2, 0) is 19.6 Å². The maximum Gasteiger partial charge on any atom is 0.339 e. The molecule has 0 saturated heterocycles. The average molecular weight is 527 g/mol. The fourth-order valence-electron chi connectivity index (χ4n) is 3.73. The molecule has 0 radical (unpaired) electrons. The third-order valence-electron chi connectivity index (χ3n) is 5.67. The van der Waals surface area contributed by atoms with Crippen LogP contribution in [0.4, 0.5) is 5.69 Å². The van der Waals surface area contributed by atoms with Gasteiger partial charge in [-0.25, -0.2) is 4.79 Å². The lowest BCUT2D eigenvalue weighted by atomic mass is 10.0. The van der Waals surface area contributed by atoms with E-state index in [2.05, 4.69) is 5.32 Å². The van der Waals surface area contributed by atoms with Crippen LogP contribution in [0.2, 0.25) is 0 Å². The number of carbonyl (C=O) groups is 2. The summed E-state index contributed by atoms with van der Waals surface area (Å²) in [6, 6.07) is 24.5. The first-order chi connectivity index (χ1) is 18.2. The Morgan fingerprint density at radius 3 is 2.32 bits per heavy atom. The summed E-state index contributed by atoms with van der Waals surface area (Å²) in [4.78, 5) is 25.1. The minimum Gasteiger partial charge on any atom is -0.465 e. The maximum atomic E-state index is 13.1. The Morgan fingerprint density at radius 2 is 1.61 bits per heavy atom. The van der Waals surface area contributed by atoms with Gasteiger partial charge in [0.1, 0.15) is 16.5 Å². The molecule has 0 atom stereocenters. The summed E-state index contributed by atoms with van der Waals surface area (Å²) in [6.45, 7) is 1.83. The molecule has 1 N–H and O–H groups in total. The number of nitrogens with one attached hydrogen (secondary N) is 1. The van der Waals surface area contributed by atoms with Crippen molar-refractivity contribution >= 4 is 44.5 Å². The first kappa shape index (κ1) is 26.1. The van der Waals surface area contributed by atoms with Crippen molar-refractivity contribution in [2.45, 2.75) is 11.8 Å². The molecule has 0 saturated carbocycles. The standard InChI is InChI=1S/C29H22N2O6S/c1-19-11-14-22(15-12-19)38(34,35)37-27-16-13-20-7-3-4-8-23(20)25(27)17-21(18-30)28(32)31-26-10-6-5-9-24(26)29(33)36-2/h3-17H,1-2H3,(H,31,32)/b21-17+. The molecule has 9 heteroatoms. The van der Waals surface area contributed by atoms with Gasteiger partial charge in [-0.3, -0.25) is 4.79 Å². The van der Waals surface area contributed by atoms with E-state index in [1.165, 1.54) is 43.5 Å². The van der Waals surface area contributed by atoms with Crippen molar-refractivity contribution in [3.8, 4) is 11.8 Å². The Labute approximate surface area is 219 Å². The van der Waals surface area contributed by atoms with E-state index in [4.69, 9.17) is 8.92 Å². The minimum absolute atomic E-state index is 0.0381. The van der Waals surface area contributed by atoms with Gasteiger partial charge >= 0.3 is 16.1 Å². The van der Waals surface area contributed by atoms with Crippen LogP contribution in [0.3, 0.4) is 0 Å². The highest BCUT2D eigenvalue weighted by molar-refractivity contribution is 7.87. The lowest BCUT2D eigenvalue weighted by Crippen LogP contribution is -2.16. The Bertz CT molecular complexity index is 1720. The molecule has 4 aromatic carbocycles. The number of nitriles is 1. The maximum absolute atomic E-state index is 13.1. The quantitative estimate of drug-likeness (QED) is 0.151. The molecule has 0 aromatic heterocycles. The van der Waals surface area contributed by atoms with Crippen LogP contribution in [0.15, 0.2) is 95.4 Å². The van der Waals surface area contributed by atoms with Crippen LogP contribution in [0.25, 0.3) is 16.8 Å². The summed E-state index contributed by atoms with van der Waals surface area (Å²) in [7, 11) is -3.00. The summed E-state index contributed by atoms with van der Waals surface area (Å²) in [5.74, 6) is -1.52. The van der Waals surface area contributed by atoms with E-state index in [1.807, 2.05) is 19.1 Å². The SMILES string of the molecule is COC(=O)c1ccccc1NC(=O)/C(C#N)=C/c1c(OS(=O)(=O)c2ccc(C)cc2)ccc2ccccc12. The third kappa shape index (κ3) is 5.56. The monoisotopic (exact) mass is 526 g/mol. The molecule has 1 amide bonds. The number of hydrogen-bond acceptors (Lipinski definition) is 7. The molecule has 4 aromatic rings. The fraction of sp³-hybridized carbons (Fsp3) is 0.0690. The first-order valence-corrected chi connectivity index (χ1v) is 12.8. The topological polar surface area (TPSA) is 123 Å². The number of para-hydroxylation sites is 1. The van der Waals surface area contributed by atoms with E-state index in [9.17, 15) is 23.3 Å². The summed E-state index contributed by atoms with van der Waals surface area (Å²) < 4.78 is 36.3. The Hall–Kier alpha value is -4.94. The molecule has 8 nitrogen and oxygen atoms in total. The highest BCUT2D eigenvalue weighted by Gasteiger charge is 2.21. The van der Waals surface area contributed by atoms with Gasteiger partial charge in [0.25, 0.3) is 5.91 Å². The van der Waals surface area contributed by atoms with E-state index >= 15 is 0 Å². The van der Waals surface area contributed by atoms with Crippen LogP contribution in [-0.4, -0.2) is 27.4 Å². The number of esters is 1. The molecule has 0 unspecified atom stereocenters. The zero-order valence-corrected chi connectivity index (χ0v) is 21.3. The van der Waals surface area contributed by atoms with E-state index in [0.29, 0.717) is 5.39 Å². The largest absolute Gasteiger partial charge is 0.465 e. The number of aryl methyl sites for hydroxylation is 1. The van der Waals surface area contributed by atoms with Crippen molar-refractivity contribution in [2.24, 2.45) is 0 Å². The number of carbonyl (C=O) groups excluding carboxylic acids is 2. The van der Waals surface area contributed by atoms with Crippen molar-refractivity contribution in [1.82, 2.24) is 0 Å². The van der Waals surface area contributed by atoms with Crippen LogP contribution in [0, 0.1) is 18.3 Å². The third-order valence-corrected chi connectivity index (χ3v) is 6.92. The Kier molecular flexibility index (Phi) is 7.55. The van der Waals surface area contributed by atoms with E-state index in [-0.39, 0.29) is 33.0 Å². The molecule has 0 heterocycles. The first-order valence-electron chi connectivity index (χ1n) is 11.4.